The highest BCUT2D eigenvalue weighted by Gasteiger charge is 2.52. The average molecular weight is 957 g/mol. The molecule has 0 aliphatic heterocycles. The Hall–Kier alpha value is -9.28. The predicted molar refractivity (Wildman–Crippen MR) is 313 cm³/mol. The summed E-state index contributed by atoms with van der Waals surface area (Å²) in [5, 5.41) is 7.77. The van der Waals surface area contributed by atoms with Gasteiger partial charge >= 0.3 is 0 Å². The topological polar surface area (TPSA) is 8.17 Å². The summed E-state index contributed by atoms with van der Waals surface area (Å²) in [5.41, 5.74) is 21.7. The van der Waals surface area contributed by atoms with Crippen LogP contribution in [0, 0.1) is 0 Å². The minimum atomic E-state index is -0.451. The predicted octanol–water partition coefficient (Wildman–Crippen LogP) is 19.5. The number of nitrogens with zero attached hydrogens (tertiary/aromatic N) is 2. The van der Waals surface area contributed by atoms with E-state index in [9.17, 15) is 0 Å². The first-order chi connectivity index (χ1) is 36.7. The van der Waals surface area contributed by atoms with E-state index in [1.165, 1.54) is 114 Å². The van der Waals surface area contributed by atoms with Gasteiger partial charge in [0.25, 0.3) is 0 Å². The molecule has 0 bridgehead atoms. The maximum atomic E-state index is 2.49. The van der Waals surface area contributed by atoms with E-state index in [1.54, 1.807) is 0 Å². The fraction of sp³-hybridized carbons (Fsp3) is 0.0141. The monoisotopic (exact) mass is 956 g/mol. The van der Waals surface area contributed by atoms with Gasteiger partial charge in [0.05, 0.1) is 22.1 Å². The molecule has 2 heterocycles. The molecule has 1 spiro atoms. The fourth-order valence-electron chi connectivity index (χ4n) is 13.1. The molecule has 2 nitrogen and oxygen atoms in total. The summed E-state index contributed by atoms with van der Waals surface area (Å²) in [6, 6.07) is 99.5. The second kappa shape index (κ2) is 15.9. The quantitative estimate of drug-likeness (QED) is 0.161. The Kier molecular flexibility index (Phi) is 8.86. The lowest BCUT2D eigenvalue weighted by Crippen LogP contribution is -2.26. The van der Waals surface area contributed by atoms with Crippen LogP contribution >= 0.6 is 11.3 Å². The van der Waals surface area contributed by atoms with Gasteiger partial charge < -0.3 is 9.47 Å². The SMILES string of the molecule is c1cc(-c2ccc(N(c3ccc(-c4ccc5c(c4)sc4c6ccccc6ccc54)cc3)c3cccc4c3-c3ccccc3C43c4ccccc4-c4ccccc43)cc2)cc(-n2c3ccccc3c3ccccc32)c1. The summed E-state index contributed by atoms with van der Waals surface area (Å²) < 4.78 is 5.06. The number of aromatic nitrogens is 1. The highest BCUT2D eigenvalue weighted by atomic mass is 32.1. The molecule has 0 saturated carbocycles. The molecule has 0 saturated heterocycles. The molecule has 2 aliphatic rings. The maximum absolute atomic E-state index is 2.49. The van der Waals surface area contributed by atoms with Crippen molar-refractivity contribution < 1.29 is 0 Å². The molecule has 2 aromatic heterocycles. The highest BCUT2D eigenvalue weighted by Crippen LogP contribution is 2.64. The molecular weight excluding hydrogens is 913 g/mol. The largest absolute Gasteiger partial charge is 0.310 e. The lowest BCUT2D eigenvalue weighted by atomic mass is 9.70. The van der Waals surface area contributed by atoms with Gasteiger partial charge in [-0.25, -0.2) is 0 Å². The smallest absolute Gasteiger partial charge is 0.0726 e. The molecule has 344 valence electrons. The Morgan fingerprint density at radius 3 is 1.53 bits per heavy atom. The summed E-state index contributed by atoms with van der Waals surface area (Å²) in [6.45, 7) is 0. The minimum Gasteiger partial charge on any atom is -0.310 e. The summed E-state index contributed by atoms with van der Waals surface area (Å²) in [6.07, 6.45) is 0. The number of benzene rings is 12. The zero-order valence-electron chi connectivity index (χ0n) is 40.2. The van der Waals surface area contributed by atoms with Crippen molar-refractivity contribution in [3.05, 3.63) is 289 Å². The molecule has 0 radical (unpaired) electrons. The molecule has 0 fully saturated rings. The van der Waals surface area contributed by atoms with E-state index in [4.69, 9.17) is 0 Å². The van der Waals surface area contributed by atoms with Crippen LogP contribution in [0.25, 0.3) is 103 Å². The van der Waals surface area contributed by atoms with Gasteiger partial charge in [0.2, 0.25) is 0 Å². The van der Waals surface area contributed by atoms with Crippen LogP contribution in [0.3, 0.4) is 0 Å². The van der Waals surface area contributed by atoms with E-state index >= 15 is 0 Å². The Balaban J connectivity index is 0.853. The number of fused-ring (bicyclic) bond motifs is 18. The first-order valence-electron chi connectivity index (χ1n) is 25.6. The molecule has 12 aromatic carbocycles. The van der Waals surface area contributed by atoms with Gasteiger partial charge in [0.15, 0.2) is 0 Å². The van der Waals surface area contributed by atoms with Crippen molar-refractivity contribution >= 4 is 81.1 Å². The van der Waals surface area contributed by atoms with E-state index in [0.717, 1.165) is 28.3 Å². The van der Waals surface area contributed by atoms with Crippen LogP contribution in [0.2, 0.25) is 0 Å². The van der Waals surface area contributed by atoms with Crippen LogP contribution in [-0.2, 0) is 5.41 Å². The Morgan fingerprint density at radius 2 is 0.851 bits per heavy atom. The van der Waals surface area contributed by atoms with Crippen molar-refractivity contribution in [3.8, 4) is 50.2 Å². The lowest BCUT2D eigenvalue weighted by Gasteiger charge is -2.32. The normalized spacial score (nSPS) is 13.0. The number of para-hydroxylation sites is 2. The van der Waals surface area contributed by atoms with Crippen LogP contribution in [0.1, 0.15) is 22.3 Å². The minimum absolute atomic E-state index is 0.451. The average Bonchev–Trinajstić information content (AvgIpc) is 4.21. The molecule has 3 heteroatoms. The van der Waals surface area contributed by atoms with Gasteiger partial charge in [0, 0.05) is 53.6 Å². The van der Waals surface area contributed by atoms with Crippen molar-refractivity contribution in [3.63, 3.8) is 0 Å². The van der Waals surface area contributed by atoms with Crippen molar-refractivity contribution in [2.24, 2.45) is 0 Å². The summed E-state index contributed by atoms with van der Waals surface area (Å²) >= 11 is 1.90. The first-order valence-corrected chi connectivity index (χ1v) is 26.4. The molecule has 0 unspecified atom stereocenters. The second-order valence-corrected chi connectivity index (χ2v) is 21.0. The number of anilines is 3. The first kappa shape index (κ1) is 41.3. The number of hydrogen-bond donors (Lipinski definition) is 0. The molecule has 0 N–H and O–H groups in total. The van der Waals surface area contributed by atoms with E-state index in [0.29, 0.717) is 0 Å². The van der Waals surface area contributed by atoms with E-state index in [1.807, 2.05) is 11.3 Å². The maximum Gasteiger partial charge on any atom is 0.0726 e. The molecular formula is C71H44N2S. The molecule has 74 heavy (non-hydrogen) atoms. The van der Waals surface area contributed by atoms with Gasteiger partial charge in [-0.1, -0.05) is 206 Å². The van der Waals surface area contributed by atoms with Gasteiger partial charge in [0.1, 0.15) is 0 Å². The van der Waals surface area contributed by atoms with Crippen LogP contribution in [0.5, 0.6) is 0 Å². The zero-order chi connectivity index (χ0) is 48.5. The molecule has 0 amide bonds. The zero-order valence-corrected chi connectivity index (χ0v) is 41.0. The third kappa shape index (κ3) is 5.81. The van der Waals surface area contributed by atoms with Crippen LogP contribution in [0.15, 0.2) is 267 Å². The summed E-state index contributed by atoms with van der Waals surface area (Å²) in [7, 11) is 0. The number of hydrogen-bond acceptors (Lipinski definition) is 2. The molecule has 14 aromatic rings. The van der Waals surface area contributed by atoms with Gasteiger partial charge in [-0.2, -0.15) is 0 Å². The highest BCUT2D eigenvalue weighted by molar-refractivity contribution is 7.26. The van der Waals surface area contributed by atoms with Gasteiger partial charge in [-0.15, -0.1) is 11.3 Å². The van der Waals surface area contributed by atoms with Crippen molar-refractivity contribution in [1.29, 1.82) is 0 Å². The Labute approximate surface area is 432 Å². The second-order valence-electron chi connectivity index (χ2n) is 19.9. The summed E-state index contributed by atoms with van der Waals surface area (Å²) in [4.78, 5) is 2.49. The van der Waals surface area contributed by atoms with Gasteiger partial charge in [-0.3, -0.25) is 0 Å². The standard InChI is InChI=1S/C71H44N2S/c1-2-18-53-47(15-1)35-42-59-58-41-36-49(44-68(58)74-70(53)59)46-33-39-51(40-34-46)72(50-37-31-45(32-38-50)48-16-13-17-52(43-48)73-65-28-11-6-21-56(65)57-22-7-12-29-66(57)73)67-30-14-27-64-69(67)60-23-5-10-26-63(60)71(64)61-24-8-3-19-54(61)55-20-4-9-25-62(55)71/h1-44H. The van der Waals surface area contributed by atoms with E-state index in [2.05, 4.69) is 276 Å². The third-order valence-electron chi connectivity index (χ3n) is 16.2. The fourth-order valence-corrected chi connectivity index (χ4v) is 14.3. The third-order valence-corrected chi connectivity index (χ3v) is 17.4. The van der Waals surface area contributed by atoms with Crippen molar-refractivity contribution in [2.75, 3.05) is 4.90 Å². The Morgan fingerprint density at radius 1 is 0.338 bits per heavy atom. The van der Waals surface area contributed by atoms with Crippen molar-refractivity contribution in [1.82, 2.24) is 4.57 Å². The van der Waals surface area contributed by atoms with Gasteiger partial charge in [-0.05, 0) is 133 Å². The van der Waals surface area contributed by atoms with Crippen LogP contribution in [0.4, 0.5) is 17.1 Å². The van der Waals surface area contributed by atoms with E-state index < -0.39 is 5.41 Å². The van der Waals surface area contributed by atoms with Crippen LogP contribution < -0.4 is 4.90 Å². The lowest BCUT2D eigenvalue weighted by molar-refractivity contribution is 0.794. The number of rotatable bonds is 6. The van der Waals surface area contributed by atoms with Crippen molar-refractivity contribution in [2.45, 2.75) is 5.41 Å². The molecule has 16 rings (SSSR count). The molecule has 0 atom stereocenters. The van der Waals surface area contributed by atoms with E-state index in [-0.39, 0.29) is 0 Å². The molecule has 2 aliphatic carbocycles. The Bertz CT molecular complexity index is 4510. The summed E-state index contributed by atoms with van der Waals surface area (Å²) in [5.74, 6) is 0. The number of thiophene rings is 1. The van der Waals surface area contributed by atoms with Crippen LogP contribution in [-0.4, -0.2) is 4.57 Å².